The van der Waals surface area contributed by atoms with Gasteiger partial charge in [0.1, 0.15) is 0 Å². The first-order valence-corrected chi connectivity index (χ1v) is 7.19. The number of hydrogen-bond donors (Lipinski definition) is 1. The summed E-state index contributed by atoms with van der Waals surface area (Å²) in [6.45, 7) is 2.01. The van der Waals surface area contributed by atoms with Crippen molar-refractivity contribution in [3.8, 4) is 0 Å². The zero-order valence-electron chi connectivity index (χ0n) is 12.0. The zero-order chi connectivity index (χ0) is 14.9. The molecule has 1 aliphatic carbocycles. The molecule has 0 unspecified atom stereocenters. The smallest absolute Gasteiger partial charge is 0.339 e. The molecule has 0 saturated carbocycles. The highest BCUT2D eigenvalue weighted by Gasteiger charge is 2.52. The number of esters is 1. The molecule has 2 aromatic carbocycles. The van der Waals surface area contributed by atoms with Crippen molar-refractivity contribution in [2.75, 3.05) is 6.61 Å². The molecule has 1 aliphatic rings. The van der Waals surface area contributed by atoms with Gasteiger partial charge >= 0.3 is 5.97 Å². The van der Waals surface area contributed by atoms with E-state index < -0.39 is 11.6 Å². The van der Waals surface area contributed by atoms with Crippen molar-refractivity contribution in [1.82, 2.24) is 0 Å². The lowest BCUT2D eigenvalue weighted by atomic mass is 9.82. The predicted octanol–water partition coefficient (Wildman–Crippen LogP) is 2.67. The zero-order valence-corrected chi connectivity index (χ0v) is 12.0. The minimum absolute atomic E-state index is 0.263. The van der Waals surface area contributed by atoms with Crippen molar-refractivity contribution in [3.05, 3.63) is 71.3 Å². The molecule has 3 nitrogen and oxygen atoms in total. The van der Waals surface area contributed by atoms with Crippen molar-refractivity contribution in [3.63, 3.8) is 0 Å². The van der Waals surface area contributed by atoms with Crippen molar-refractivity contribution >= 4 is 5.97 Å². The van der Waals surface area contributed by atoms with Crippen LogP contribution >= 0.6 is 0 Å². The van der Waals surface area contributed by atoms with Gasteiger partial charge in [0.25, 0.3) is 0 Å². The Morgan fingerprint density at radius 1 is 1.19 bits per heavy atom. The standard InChI is InChI=1S/C18H18O3/c1-2-21-17(19)18(20)12-14-10-6-7-11-15(14)16(18)13-8-4-3-5-9-13/h3-11,16,20H,2,12H2,1H3/t16-,18-/m0/s1. The molecule has 0 bridgehead atoms. The molecule has 0 saturated heterocycles. The summed E-state index contributed by atoms with van der Waals surface area (Å²) in [5.74, 6) is -0.927. The molecule has 1 N–H and O–H groups in total. The van der Waals surface area contributed by atoms with Gasteiger partial charge in [0, 0.05) is 12.3 Å². The number of carbonyl (C=O) groups is 1. The van der Waals surface area contributed by atoms with Gasteiger partial charge in [-0.3, -0.25) is 0 Å². The Balaban J connectivity index is 2.12. The Kier molecular flexibility index (Phi) is 3.52. The van der Waals surface area contributed by atoms with E-state index in [4.69, 9.17) is 4.74 Å². The van der Waals surface area contributed by atoms with Crippen LogP contribution in [0.25, 0.3) is 0 Å². The summed E-state index contributed by atoms with van der Waals surface area (Å²) in [7, 11) is 0. The number of carbonyl (C=O) groups excluding carboxylic acids is 1. The molecule has 108 valence electrons. The molecular formula is C18H18O3. The number of rotatable bonds is 3. The van der Waals surface area contributed by atoms with Gasteiger partial charge in [0.2, 0.25) is 0 Å². The molecule has 0 fully saturated rings. The highest BCUT2D eigenvalue weighted by molar-refractivity contribution is 5.84. The molecule has 3 heteroatoms. The summed E-state index contributed by atoms with van der Waals surface area (Å²) in [4.78, 5) is 12.3. The maximum atomic E-state index is 12.3. The lowest BCUT2D eigenvalue weighted by Crippen LogP contribution is -2.44. The van der Waals surface area contributed by atoms with Crippen LogP contribution in [0.3, 0.4) is 0 Å². The Morgan fingerprint density at radius 2 is 1.86 bits per heavy atom. The highest BCUT2D eigenvalue weighted by atomic mass is 16.5. The van der Waals surface area contributed by atoms with Crippen LogP contribution in [0.5, 0.6) is 0 Å². The first-order chi connectivity index (χ1) is 10.2. The van der Waals surface area contributed by atoms with Gasteiger partial charge in [0.05, 0.1) is 6.61 Å². The molecule has 0 radical (unpaired) electrons. The number of fused-ring (bicyclic) bond motifs is 1. The van der Waals surface area contributed by atoms with Gasteiger partial charge in [0.15, 0.2) is 5.60 Å². The van der Waals surface area contributed by atoms with E-state index in [2.05, 4.69) is 0 Å². The van der Waals surface area contributed by atoms with Crippen molar-refractivity contribution < 1.29 is 14.6 Å². The van der Waals surface area contributed by atoms with Crippen molar-refractivity contribution in [2.24, 2.45) is 0 Å². The Labute approximate surface area is 124 Å². The molecule has 2 aromatic rings. The van der Waals surface area contributed by atoms with E-state index in [-0.39, 0.29) is 12.5 Å². The first kappa shape index (κ1) is 13.8. The van der Waals surface area contributed by atoms with Crippen LogP contribution in [-0.2, 0) is 16.0 Å². The first-order valence-electron chi connectivity index (χ1n) is 7.19. The summed E-state index contributed by atoms with van der Waals surface area (Å²) in [6, 6.07) is 17.4. The summed E-state index contributed by atoms with van der Waals surface area (Å²) in [6.07, 6.45) is 0.293. The van der Waals surface area contributed by atoms with Gasteiger partial charge in [-0.1, -0.05) is 54.6 Å². The largest absolute Gasteiger partial charge is 0.464 e. The van der Waals surface area contributed by atoms with E-state index in [9.17, 15) is 9.90 Å². The maximum absolute atomic E-state index is 12.3. The Morgan fingerprint density at radius 3 is 2.57 bits per heavy atom. The van der Waals surface area contributed by atoms with E-state index in [1.165, 1.54) is 0 Å². The van der Waals surface area contributed by atoms with E-state index in [1.54, 1.807) is 6.92 Å². The summed E-state index contributed by atoms with van der Waals surface area (Å²) < 4.78 is 5.12. The van der Waals surface area contributed by atoms with Crippen LogP contribution in [0, 0.1) is 0 Å². The summed E-state index contributed by atoms with van der Waals surface area (Å²) in [5, 5.41) is 11.1. The summed E-state index contributed by atoms with van der Waals surface area (Å²) in [5.41, 5.74) is 1.40. The Hall–Kier alpha value is -2.13. The second kappa shape index (κ2) is 5.34. The molecule has 0 spiro atoms. The van der Waals surface area contributed by atoms with Gasteiger partial charge in [-0.25, -0.2) is 4.79 Å². The van der Waals surface area contributed by atoms with E-state index in [0.717, 1.165) is 16.7 Å². The van der Waals surface area contributed by atoms with Crippen LogP contribution in [0.1, 0.15) is 29.5 Å². The third-order valence-corrected chi connectivity index (χ3v) is 4.07. The van der Waals surface area contributed by atoms with Crippen LogP contribution in [0.15, 0.2) is 54.6 Å². The molecule has 0 aliphatic heterocycles. The monoisotopic (exact) mass is 282 g/mol. The normalized spacial score (nSPS) is 23.6. The Bertz CT molecular complexity index is 651. The predicted molar refractivity (Wildman–Crippen MR) is 80.0 cm³/mol. The van der Waals surface area contributed by atoms with Gasteiger partial charge < -0.3 is 9.84 Å². The molecular weight excluding hydrogens is 264 g/mol. The minimum Gasteiger partial charge on any atom is -0.464 e. The van der Waals surface area contributed by atoms with Crippen LogP contribution < -0.4 is 0 Å². The van der Waals surface area contributed by atoms with Gasteiger partial charge in [-0.15, -0.1) is 0 Å². The average molecular weight is 282 g/mol. The highest BCUT2D eigenvalue weighted by Crippen LogP contribution is 2.45. The molecule has 3 rings (SSSR count). The fraction of sp³-hybridized carbons (Fsp3) is 0.278. The molecule has 21 heavy (non-hydrogen) atoms. The third-order valence-electron chi connectivity index (χ3n) is 4.07. The van der Waals surface area contributed by atoms with Crippen LogP contribution in [0.4, 0.5) is 0 Å². The number of hydrogen-bond acceptors (Lipinski definition) is 3. The summed E-state index contributed by atoms with van der Waals surface area (Å²) >= 11 is 0. The number of aliphatic hydroxyl groups is 1. The third kappa shape index (κ3) is 2.24. The fourth-order valence-electron chi connectivity index (χ4n) is 3.17. The van der Waals surface area contributed by atoms with E-state index in [1.807, 2.05) is 54.6 Å². The van der Waals surface area contributed by atoms with Crippen LogP contribution in [0.2, 0.25) is 0 Å². The van der Waals surface area contributed by atoms with Crippen molar-refractivity contribution in [2.45, 2.75) is 24.9 Å². The molecule has 2 atom stereocenters. The lowest BCUT2D eigenvalue weighted by Gasteiger charge is -2.28. The topological polar surface area (TPSA) is 46.5 Å². The van der Waals surface area contributed by atoms with E-state index >= 15 is 0 Å². The second-order valence-corrected chi connectivity index (χ2v) is 5.36. The lowest BCUT2D eigenvalue weighted by molar-refractivity contribution is -0.165. The molecule has 0 aromatic heterocycles. The molecule has 0 heterocycles. The maximum Gasteiger partial charge on any atom is 0.339 e. The van der Waals surface area contributed by atoms with Gasteiger partial charge in [-0.2, -0.15) is 0 Å². The quantitative estimate of drug-likeness (QED) is 0.880. The number of ether oxygens (including phenoxy) is 1. The second-order valence-electron chi connectivity index (χ2n) is 5.36. The molecule has 0 amide bonds. The van der Waals surface area contributed by atoms with Crippen molar-refractivity contribution in [1.29, 1.82) is 0 Å². The van der Waals surface area contributed by atoms with Crippen LogP contribution in [-0.4, -0.2) is 23.3 Å². The minimum atomic E-state index is -1.53. The number of benzene rings is 2. The van der Waals surface area contributed by atoms with E-state index in [0.29, 0.717) is 6.42 Å². The fourth-order valence-corrected chi connectivity index (χ4v) is 3.17. The van der Waals surface area contributed by atoms with Gasteiger partial charge in [-0.05, 0) is 23.6 Å². The average Bonchev–Trinajstić information content (AvgIpc) is 2.81. The SMILES string of the molecule is CCOC(=O)[C@]1(O)Cc2ccccc2[C@@H]1c1ccccc1.